The maximum Gasteiger partial charge on any atom is 0.147 e. The summed E-state index contributed by atoms with van der Waals surface area (Å²) < 4.78 is 2.37. The first-order valence-corrected chi connectivity index (χ1v) is 8.03. The van der Waals surface area contributed by atoms with Gasteiger partial charge in [0, 0.05) is 31.6 Å². The van der Waals surface area contributed by atoms with Crippen molar-refractivity contribution in [2.75, 3.05) is 19.6 Å². The lowest BCUT2D eigenvalue weighted by molar-refractivity contribution is 0.126. The average molecular weight is 275 g/mol. The first-order chi connectivity index (χ1) is 9.66. The molecule has 2 atom stereocenters. The van der Waals surface area contributed by atoms with Gasteiger partial charge in [0.05, 0.1) is 6.54 Å². The molecule has 3 aliphatic rings. The minimum Gasteiger partial charge on any atom is -0.316 e. The molecule has 0 saturated carbocycles. The summed E-state index contributed by atoms with van der Waals surface area (Å²) in [7, 11) is 0. The van der Waals surface area contributed by atoms with Crippen LogP contribution in [0.25, 0.3) is 0 Å². The van der Waals surface area contributed by atoms with Gasteiger partial charge in [-0.2, -0.15) is 0 Å². The van der Waals surface area contributed by atoms with Crippen molar-refractivity contribution in [2.24, 2.45) is 11.8 Å². The molecular formula is C15H25N5. The van der Waals surface area contributed by atoms with Gasteiger partial charge in [-0.1, -0.05) is 0 Å². The van der Waals surface area contributed by atoms with Gasteiger partial charge in [-0.15, -0.1) is 10.2 Å². The van der Waals surface area contributed by atoms with Crippen LogP contribution in [0.3, 0.4) is 0 Å². The van der Waals surface area contributed by atoms with E-state index in [4.69, 9.17) is 0 Å². The van der Waals surface area contributed by atoms with Crippen LogP contribution in [0.1, 0.15) is 38.3 Å². The minimum atomic E-state index is 0.273. The summed E-state index contributed by atoms with van der Waals surface area (Å²) in [6.45, 7) is 10.4. The van der Waals surface area contributed by atoms with Crippen molar-refractivity contribution in [1.82, 2.24) is 25.0 Å². The van der Waals surface area contributed by atoms with Crippen molar-refractivity contribution < 1.29 is 0 Å². The zero-order chi connectivity index (χ0) is 13.7. The summed E-state index contributed by atoms with van der Waals surface area (Å²) in [5.74, 6) is 3.98. The van der Waals surface area contributed by atoms with Crippen LogP contribution in [-0.4, -0.2) is 44.8 Å². The molecule has 2 unspecified atom stereocenters. The third kappa shape index (κ3) is 1.83. The van der Waals surface area contributed by atoms with Gasteiger partial charge in [-0.05, 0) is 45.1 Å². The molecule has 4 heterocycles. The summed E-state index contributed by atoms with van der Waals surface area (Å²) >= 11 is 0. The number of hydrogen-bond acceptors (Lipinski definition) is 4. The van der Waals surface area contributed by atoms with E-state index in [9.17, 15) is 0 Å². The van der Waals surface area contributed by atoms with Crippen LogP contribution < -0.4 is 5.32 Å². The molecule has 0 aliphatic carbocycles. The van der Waals surface area contributed by atoms with E-state index in [0.717, 1.165) is 31.3 Å². The number of aromatic nitrogens is 3. The fourth-order valence-corrected chi connectivity index (χ4v) is 4.43. The Morgan fingerprint density at radius 1 is 1.25 bits per heavy atom. The van der Waals surface area contributed by atoms with E-state index in [1.54, 1.807) is 0 Å². The Kier molecular flexibility index (Phi) is 2.89. The van der Waals surface area contributed by atoms with Crippen LogP contribution in [0.5, 0.6) is 0 Å². The standard InChI is InChI=1S/C15H25N5/c1-15(2)12-8-16-7-11(12)9-19(15)10-14-18-17-13-5-3-4-6-20(13)14/h11-12,16H,3-10H2,1-2H3. The normalized spacial score (nSPS) is 32.3. The number of fused-ring (bicyclic) bond motifs is 2. The number of nitrogens with one attached hydrogen (secondary N) is 1. The van der Waals surface area contributed by atoms with Crippen LogP contribution in [-0.2, 0) is 19.5 Å². The highest BCUT2D eigenvalue weighted by Crippen LogP contribution is 2.41. The highest BCUT2D eigenvalue weighted by atomic mass is 15.3. The molecule has 3 aliphatic heterocycles. The van der Waals surface area contributed by atoms with E-state index < -0.39 is 0 Å². The highest BCUT2D eigenvalue weighted by molar-refractivity contribution is 5.07. The number of nitrogens with zero attached hydrogens (tertiary/aromatic N) is 4. The first-order valence-electron chi connectivity index (χ1n) is 8.03. The van der Waals surface area contributed by atoms with Gasteiger partial charge in [0.25, 0.3) is 0 Å². The molecule has 1 aromatic heterocycles. The van der Waals surface area contributed by atoms with E-state index in [2.05, 4.69) is 38.8 Å². The summed E-state index contributed by atoms with van der Waals surface area (Å²) in [5, 5.41) is 12.4. The maximum atomic E-state index is 4.48. The maximum absolute atomic E-state index is 4.48. The summed E-state index contributed by atoms with van der Waals surface area (Å²) in [4.78, 5) is 2.63. The van der Waals surface area contributed by atoms with Gasteiger partial charge in [0.15, 0.2) is 0 Å². The fraction of sp³-hybridized carbons (Fsp3) is 0.867. The molecule has 2 saturated heterocycles. The molecule has 0 radical (unpaired) electrons. The van der Waals surface area contributed by atoms with Crippen molar-refractivity contribution in [3.05, 3.63) is 11.6 Å². The van der Waals surface area contributed by atoms with Gasteiger partial charge in [-0.3, -0.25) is 4.90 Å². The van der Waals surface area contributed by atoms with Gasteiger partial charge in [-0.25, -0.2) is 0 Å². The number of rotatable bonds is 2. The fourth-order valence-electron chi connectivity index (χ4n) is 4.43. The third-order valence-corrected chi connectivity index (χ3v) is 5.79. The lowest BCUT2D eigenvalue weighted by atomic mass is 9.85. The average Bonchev–Trinajstić information content (AvgIpc) is 3.10. The Morgan fingerprint density at radius 3 is 3.00 bits per heavy atom. The Balaban J connectivity index is 1.56. The molecule has 0 aromatic carbocycles. The second kappa shape index (κ2) is 4.53. The predicted molar refractivity (Wildman–Crippen MR) is 77.3 cm³/mol. The Bertz CT molecular complexity index is 506. The second-order valence-electron chi connectivity index (χ2n) is 7.20. The molecule has 0 amide bonds. The van der Waals surface area contributed by atoms with Gasteiger partial charge in [0.2, 0.25) is 0 Å². The van der Waals surface area contributed by atoms with E-state index in [1.807, 2.05) is 0 Å². The van der Waals surface area contributed by atoms with Crippen molar-refractivity contribution in [3.63, 3.8) is 0 Å². The topological polar surface area (TPSA) is 46.0 Å². The number of likely N-dealkylation sites (tertiary alicyclic amines) is 1. The first kappa shape index (κ1) is 12.8. The molecule has 0 bridgehead atoms. The third-order valence-electron chi connectivity index (χ3n) is 5.79. The molecule has 0 spiro atoms. The Hall–Kier alpha value is -0.940. The smallest absolute Gasteiger partial charge is 0.147 e. The lowest BCUT2D eigenvalue weighted by Gasteiger charge is -2.35. The van der Waals surface area contributed by atoms with Crippen molar-refractivity contribution in [3.8, 4) is 0 Å². The number of aryl methyl sites for hydroxylation is 1. The zero-order valence-electron chi connectivity index (χ0n) is 12.6. The van der Waals surface area contributed by atoms with Gasteiger partial charge in [0.1, 0.15) is 11.6 Å². The Labute approximate surface area is 120 Å². The van der Waals surface area contributed by atoms with Crippen LogP contribution >= 0.6 is 0 Å². The molecule has 4 rings (SSSR count). The van der Waals surface area contributed by atoms with E-state index in [1.165, 1.54) is 44.1 Å². The van der Waals surface area contributed by atoms with E-state index in [-0.39, 0.29) is 5.54 Å². The van der Waals surface area contributed by atoms with Crippen LogP contribution in [0.2, 0.25) is 0 Å². The summed E-state index contributed by atoms with van der Waals surface area (Å²) in [6.07, 6.45) is 3.64. The largest absolute Gasteiger partial charge is 0.316 e. The second-order valence-corrected chi connectivity index (χ2v) is 7.20. The quantitative estimate of drug-likeness (QED) is 0.876. The number of hydrogen-bond donors (Lipinski definition) is 1. The molecular weight excluding hydrogens is 250 g/mol. The lowest BCUT2D eigenvalue weighted by Crippen LogP contribution is -2.44. The summed E-state index contributed by atoms with van der Waals surface area (Å²) in [6, 6.07) is 0. The van der Waals surface area contributed by atoms with Crippen molar-refractivity contribution in [1.29, 1.82) is 0 Å². The SMILES string of the molecule is CC1(C)C2CNCC2CN1Cc1nnc2n1CCCC2. The van der Waals surface area contributed by atoms with Crippen molar-refractivity contribution >= 4 is 0 Å². The van der Waals surface area contributed by atoms with Crippen LogP contribution in [0, 0.1) is 11.8 Å². The molecule has 2 fully saturated rings. The van der Waals surface area contributed by atoms with Gasteiger partial charge < -0.3 is 9.88 Å². The molecule has 5 nitrogen and oxygen atoms in total. The van der Waals surface area contributed by atoms with Crippen LogP contribution in [0.4, 0.5) is 0 Å². The molecule has 5 heteroatoms. The van der Waals surface area contributed by atoms with E-state index >= 15 is 0 Å². The monoisotopic (exact) mass is 275 g/mol. The minimum absolute atomic E-state index is 0.273. The van der Waals surface area contributed by atoms with Crippen molar-refractivity contribution in [2.45, 2.75) is 51.7 Å². The predicted octanol–water partition coefficient (Wildman–Crippen LogP) is 1.04. The van der Waals surface area contributed by atoms with Gasteiger partial charge >= 0.3 is 0 Å². The highest BCUT2D eigenvalue weighted by Gasteiger charge is 2.49. The molecule has 1 N–H and O–H groups in total. The molecule has 20 heavy (non-hydrogen) atoms. The zero-order valence-corrected chi connectivity index (χ0v) is 12.6. The van der Waals surface area contributed by atoms with E-state index in [0.29, 0.717) is 0 Å². The van der Waals surface area contributed by atoms with Crippen LogP contribution in [0.15, 0.2) is 0 Å². The molecule has 1 aromatic rings. The molecule has 110 valence electrons. The Morgan fingerprint density at radius 2 is 2.15 bits per heavy atom. The summed E-state index contributed by atoms with van der Waals surface area (Å²) in [5.41, 5.74) is 0.273.